The Kier molecular flexibility index (Phi) is 5.87. The summed E-state index contributed by atoms with van der Waals surface area (Å²) >= 11 is 3.36. The molecule has 0 heterocycles. The van der Waals surface area contributed by atoms with Crippen LogP contribution in [0.15, 0.2) is 12.1 Å². The summed E-state index contributed by atoms with van der Waals surface area (Å²) in [7, 11) is 0. The molecular formula is C14H16BrNO2. The van der Waals surface area contributed by atoms with E-state index in [4.69, 9.17) is 4.74 Å². The maximum absolute atomic E-state index is 11.6. The molecular weight excluding hydrogens is 294 g/mol. The first kappa shape index (κ1) is 14.7. The summed E-state index contributed by atoms with van der Waals surface area (Å²) in [6.45, 7) is 4.15. The van der Waals surface area contributed by atoms with Crippen LogP contribution in [-0.2, 0) is 27.7 Å². The topological polar surface area (TPSA) is 50.1 Å². The normalized spacial score (nSPS) is 9.89. The molecule has 0 amide bonds. The molecule has 0 radical (unpaired) electrons. The van der Waals surface area contributed by atoms with Crippen LogP contribution in [0.5, 0.6) is 0 Å². The number of ether oxygens (including phenoxy) is 1. The fourth-order valence-corrected chi connectivity index (χ4v) is 2.35. The molecule has 1 rings (SSSR count). The van der Waals surface area contributed by atoms with Crippen molar-refractivity contribution in [3.05, 3.63) is 34.4 Å². The smallest absolute Gasteiger partial charge is 0.310 e. The zero-order valence-corrected chi connectivity index (χ0v) is 12.2. The van der Waals surface area contributed by atoms with Gasteiger partial charge in [-0.3, -0.25) is 4.79 Å². The third-order valence-corrected chi connectivity index (χ3v) is 3.36. The molecule has 0 unspecified atom stereocenters. The van der Waals surface area contributed by atoms with E-state index in [0.717, 1.165) is 23.1 Å². The van der Waals surface area contributed by atoms with Crippen molar-refractivity contribution in [2.24, 2.45) is 0 Å². The van der Waals surface area contributed by atoms with Crippen LogP contribution in [0.25, 0.3) is 0 Å². The summed E-state index contributed by atoms with van der Waals surface area (Å²) in [4.78, 5) is 11.6. The first-order valence-corrected chi connectivity index (χ1v) is 7.05. The zero-order valence-electron chi connectivity index (χ0n) is 10.6. The molecule has 0 aliphatic heterocycles. The number of hydrogen-bond donors (Lipinski definition) is 0. The number of aryl methyl sites for hydroxylation is 1. The number of benzene rings is 1. The molecule has 0 N–H and O–H groups in total. The van der Waals surface area contributed by atoms with Gasteiger partial charge in [-0.2, -0.15) is 5.26 Å². The van der Waals surface area contributed by atoms with E-state index in [0.29, 0.717) is 17.5 Å². The predicted molar refractivity (Wildman–Crippen MR) is 73.5 cm³/mol. The van der Waals surface area contributed by atoms with Crippen molar-refractivity contribution in [3.8, 4) is 6.07 Å². The van der Waals surface area contributed by atoms with Gasteiger partial charge in [-0.1, -0.05) is 35.0 Å². The molecule has 0 aliphatic rings. The summed E-state index contributed by atoms with van der Waals surface area (Å²) in [6.07, 6.45) is 0.965. The molecule has 0 saturated carbocycles. The number of carbonyl (C=O) groups is 1. The van der Waals surface area contributed by atoms with Crippen molar-refractivity contribution in [2.75, 3.05) is 6.61 Å². The third-order valence-electron chi connectivity index (χ3n) is 2.76. The van der Waals surface area contributed by atoms with E-state index < -0.39 is 0 Å². The van der Waals surface area contributed by atoms with Crippen molar-refractivity contribution in [3.63, 3.8) is 0 Å². The second kappa shape index (κ2) is 7.17. The number of esters is 1. The maximum Gasteiger partial charge on any atom is 0.310 e. The lowest BCUT2D eigenvalue weighted by Gasteiger charge is -2.12. The fraction of sp³-hybridized carbons (Fsp3) is 0.429. The van der Waals surface area contributed by atoms with Gasteiger partial charge in [0.2, 0.25) is 0 Å². The van der Waals surface area contributed by atoms with Crippen molar-refractivity contribution < 1.29 is 9.53 Å². The Morgan fingerprint density at radius 1 is 1.39 bits per heavy atom. The van der Waals surface area contributed by atoms with Crippen LogP contribution in [0.1, 0.15) is 36.1 Å². The molecule has 4 heteroatoms. The molecule has 1 aromatic carbocycles. The van der Waals surface area contributed by atoms with Gasteiger partial charge in [-0.15, -0.1) is 0 Å². The highest BCUT2D eigenvalue weighted by molar-refractivity contribution is 9.08. The van der Waals surface area contributed by atoms with Crippen LogP contribution in [0.2, 0.25) is 0 Å². The summed E-state index contributed by atoms with van der Waals surface area (Å²) in [5, 5.41) is 9.88. The first-order chi connectivity index (χ1) is 8.67. The Morgan fingerprint density at radius 2 is 2.06 bits per heavy atom. The number of hydrogen-bond acceptors (Lipinski definition) is 3. The molecule has 0 spiro atoms. The minimum absolute atomic E-state index is 0.167. The molecule has 3 nitrogen and oxygen atoms in total. The minimum Gasteiger partial charge on any atom is -0.466 e. The van der Waals surface area contributed by atoms with Gasteiger partial charge in [-0.25, -0.2) is 0 Å². The minimum atomic E-state index is -0.282. The second-order valence-corrected chi connectivity index (χ2v) is 4.38. The number of alkyl halides is 1. The Hall–Kier alpha value is -1.34. The van der Waals surface area contributed by atoms with Crippen LogP contribution in [-0.4, -0.2) is 12.6 Å². The van der Waals surface area contributed by atoms with Gasteiger partial charge >= 0.3 is 5.97 Å². The lowest BCUT2D eigenvalue weighted by Crippen LogP contribution is -2.11. The van der Waals surface area contributed by atoms with Crippen molar-refractivity contribution >= 4 is 21.9 Å². The van der Waals surface area contributed by atoms with E-state index in [2.05, 4.69) is 22.0 Å². The van der Waals surface area contributed by atoms with Crippen molar-refractivity contribution in [1.29, 1.82) is 5.26 Å². The van der Waals surface area contributed by atoms with Gasteiger partial charge in [0.15, 0.2) is 0 Å². The first-order valence-electron chi connectivity index (χ1n) is 5.93. The maximum atomic E-state index is 11.6. The van der Waals surface area contributed by atoms with E-state index in [1.165, 1.54) is 0 Å². The van der Waals surface area contributed by atoms with Crippen LogP contribution in [0, 0.1) is 11.3 Å². The zero-order chi connectivity index (χ0) is 13.5. The molecule has 0 bridgehead atoms. The average Bonchev–Trinajstić information content (AvgIpc) is 2.38. The number of rotatable bonds is 5. The third kappa shape index (κ3) is 3.33. The summed E-state index contributed by atoms with van der Waals surface area (Å²) in [5.74, 6) is -0.282. The summed E-state index contributed by atoms with van der Waals surface area (Å²) in [5.41, 5.74) is 3.34. The van der Waals surface area contributed by atoms with Crippen LogP contribution in [0.3, 0.4) is 0 Å². The van der Waals surface area contributed by atoms with E-state index in [1.54, 1.807) is 6.92 Å². The summed E-state index contributed by atoms with van der Waals surface area (Å²) in [6, 6.07) is 6.11. The number of halogens is 1. The van der Waals surface area contributed by atoms with Gasteiger partial charge in [-0.05, 0) is 30.0 Å². The van der Waals surface area contributed by atoms with Crippen molar-refractivity contribution in [1.82, 2.24) is 0 Å². The highest BCUT2D eigenvalue weighted by Gasteiger charge is 2.15. The van der Waals surface area contributed by atoms with Crippen LogP contribution < -0.4 is 0 Å². The molecule has 18 heavy (non-hydrogen) atoms. The van der Waals surface area contributed by atoms with E-state index in [9.17, 15) is 10.1 Å². The number of carbonyl (C=O) groups excluding carboxylic acids is 1. The molecule has 0 atom stereocenters. The number of nitriles is 1. The van der Waals surface area contributed by atoms with Gasteiger partial charge < -0.3 is 4.74 Å². The monoisotopic (exact) mass is 309 g/mol. The summed E-state index contributed by atoms with van der Waals surface area (Å²) < 4.78 is 4.96. The highest BCUT2D eigenvalue weighted by atomic mass is 79.9. The van der Waals surface area contributed by atoms with Gasteiger partial charge in [0.05, 0.1) is 24.7 Å². The highest BCUT2D eigenvalue weighted by Crippen LogP contribution is 2.22. The second-order valence-electron chi connectivity index (χ2n) is 3.82. The van der Waals surface area contributed by atoms with Gasteiger partial charge in [0.25, 0.3) is 0 Å². The Balaban J connectivity index is 3.20. The Morgan fingerprint density at radius 3 is 2.56 bits per heavy atom. The molecule has 0 saturated heterocycles. The molecule has 0 fully saturated rings. The molecule has 0 aliphatic carbocycles. The number of nitrogens with zero attached hydrogens (tertiary/aromatic N) is 1. The molecule has 1 aromatic rings. The molecule has 0 aromatic heterocycles. The quantitative estimate of drug-likeness (QED) is 0.620. The van der Waals surface area contributed by atoms with E-state index in [1.807, 2.05) is 19.1 Å². The predicted octanol–water partition coefficient (Wildman–Crippen LogP) is 3.12. The Bertz CT molecular complexity index is 477. The molecule has 96 valence electrons. The standard InChI is InChI=1S/C14H16BrNO2/c1-3-10-5-6-11(8-15)13(9-16)12(10)7-14(17)18-4-2/h5-6H,3-4,7-8H2,1-2H3. The lowest BCUT2D eigenvalue weighted by molar-refractivity contribution is -0.142. The van der Waals surface area contributed by atoms with Gasteiger partial charge in [0.1, 0.15) is 0 Å². The van der Waals surface area contributed by atoms with E-state index >= 15 is 0 Å². The van der Waals surface area contributed by atoms with Gasteiger partial charge in [0, 0.05) is 5.33 Å². The van der Waals surface area contributed by atoms with E-state index in [-0.39, 0.29) is 12.4 Å². The van der Waals surface area contributed by atoms with Crippen LogP contribution in [0.4, 0.5) is 0 Å². The lowest BCUT2D eigenvalue weighted by atomic mass is 9.94. The average molecular weight is 310 g/mol. The van der Waals surface area contributed by atoms with Crippen LogP contribution >= 0.6 is 15.9 Å². The SMILES string of the molecule is CCOC(=O)Cc1c(CC)ccc(CBr)c1C#N. The Labute approximate surface area is 116 Å². The fourth-order valence-electron chi connectivity index (χ4n) is 1.88. The van der Waals surface area contributed by atoms with Crippen molar-refractivity contribution in [2.45, 2.75) is 32.0 Å². The largest absolute Gasteiger partial charge is 0.466 e.